The molecule has 3 rings (SSSR count). The van der Waals surface area contributed by atoms with E-state index in [9.17, 15) is 9.90 Å². The third-order valence-electron chi connectivity index (χ3n) is 5.00. The van der Waals surface area contributed by atoms with E-state index in [1.807, 2.05) is 12.1 Å². The maximum Gasteiger partial charge on any atom is 0.266 e. The zero-order valence-electron chi connectivity index (χ0n) is 17.0. The Labute approximate surface area is 172 Å². The van der Waals surface area contributed by atoms with Gasteiger partial charge in [-0.1, -0.05) is 55.3 Å². The lowest BCUT2D eigenvalue weighted by atomic mass is 10.1. The first-order chi connectivity index (χ1) is 14.1. The average Bonchev–Trinajstić information content (AvgIpc) is 2.73. The maximum absolute atomic E-state index is 12.1. The third-order valence-corrected chi connectivity index (χ3v) is 5.00. The van der Waals surface area contributed by atoms with Crippen molar-refractivity contribution in [3.8, 4) is 17.0 Å². The van der Waals surface area contributed by atoms with Gasteiger partial charge in [-0.25, -0.2) is 4.68 Å². The highest BCUT2D eigenvalue weighted by Gasteiger charge is 2.07. The predicted molar refractivity (Wildman–Crippen MR) is 117 cm³/mol. The number of rotatable bonds is 10. The first-order valence-corrected chi connectivity index (χ1v) is 10.2. The molecule has 0 radical (unpaired) electrons. The summed E-state index contributed by atoms with van der Waals surface area (Å²) in [6, 6.07) is 20.7. The van der Waals surface area contributed by atoms with E-state index < -0.39 is 0 Å². The van der Waals surface area contributed by atoms with Crippen molar-refractivity contribution < 1.29 is 5.11 Å². The summed E-state index contributed by atoms with van der Waals surface area (Å²) >= 11 is 0. The summed E-state index contributed by atoms with van der Waals surface area (Å²) in [6.07, 6.45) is 4.25. The first-order valence-electron chi connectivity index (χ1n) is 10.2. The van der Waals surface area contributed by atoms with E-state index in [1.165, 1.54) is 16.3 Å². The molecule has 0 fully saturated rings. The number of para-hydroxylation sites is 1. The maximum atomic E-state index is 12.1. The second-order valence-corrected chi connectivity index (χ2v) is 7.43. The fourth-order valence-corrected chi connectivity index (χ4v) is 3.41. The molecule has 1 N–H and O–H groups in total. The summed E-state index contributed by atoms with van der Waals surface area (Å²) in [5.74, 6) is 0.171. The monoisotopic (exact) mass is 391 g/mol. The smallest absolute Gasteiger partial charge is 0.266 e. The highest BCUT2D eigenvalue weighted by atomic mass is 16.3. The Balaban J connectivity index is 1.42. The normalized spacial score (nSPS) is 11.1. The molecule has 5 nitrogen and oxygen atoms in total. The minimum absolute atomic E-state index is 0.105. The zero-order chi connectivity index (χ0) is 20.5. The number of phenols is 1. The largest absolute Gasteiger partial charge is 0.507 e. The molecule has 0 aliphatic heterocycles. The van der Waals surface area contributed by atoms with Crippen LogP contribution in [0.5, 0.6) is 5.75 Å². The number of benzene rings is 2. The van der Waals surface area contributed by atoms with Crippen molar-refractivity contribution >= 4 is 0 Å². The molecule has 0 aliphatic carbocycles. The van der Waals surface area contributed by atoms with Gasteiger partial charge >= 0.3 is 0 Å². The number of hydrogen-bond donors (Lipinski definition) is 1. The van der Waals surface area contributed by atoms with Crippen LogP contribution < -0.4 is 5.56 Å². The van der Waals surface area contributed by atoms with Crippen molar-refractivity contribution in [2.24, 2.45) is 0 Å². The molecule has 0 unspecified atom stereocenters. The first kappa shape index (κ1) is 20.8. The van der Waals surface area contributed by atoms with Crippen LogP contribution in [0.1, 0.15) is 31.2 Å². The predicted octanol–water partition coefficient (Wildman–Crippen LogP) is 4.31. The quantitative estimate of drug-likeness (QED) is 0.523. The molecular weight excluding hydrogens is 362 g/mol. The molecule has 0 spiro atoms. The number of aryl methyl sites for hydroxylation is 1. The van der Waals surface area contributed by atoms with Crippen LogP contribution in [0, 0.1) is 0 Å². The Bertz CT molecular complexity index is 954. The van der Waals surface area contributed by atoms with E-state index in [4.69, 9.17) is 0 Å². The molecule has 0 atom stereocenters. The van der Waals surface area contributed by atoms with E-state index >= 15 is 0 Å². The second kappa shape index (κ2) is 10.6. The molecule has 0 aliphatic rings. The highest BCUT2D eigenvalue weighted by Crippen LogP contribution is 2.25. The molecule has 0 saturated carbocycles. The molecule has 3 aromatic rings. The Kier molecular flexibility index (Phi) is 7.59. The lowest BCUT2D eigenvalue weighted by molar-refractivity contribution is 0.316. The molecule has 5 heteroatoms. The van der Waals surface area contributed by atoms with E-state index in [1.54, 1.807) is 24.3 Å². The van der Waals surface area contributed by atoms with Crippen molar-refractivity contribution in [1.29, 1.82) is 0 Å². The molecule has 1 aromatic heterocycles. The van der Waals surface area contributed by atoms with Gasteiger partial charge in [-0.15, -0.1) is 0 Å². The highest BCUT2D eigenvalue weighted by molar-refractivity contribution is 5.65. The summed E-state index contributed by atoms with van der Waals surface area (Å²) in [6.45, 7) is 2.63. The molecule has 29 heavy (non-hydrogen) atoms. The molecule has 2 aromatic carbocycles. The van der Waals surface area contributed by atoms with Gasteiger partial charge in [0.15, 0.2) is 0 Å². The van der Waals surface area contributed by atoms with Crippen LogP contribution in [-0.2, 0) is 13.1 Å². The van der Waals surface area contributed by atoms with Crippen LogP contribution in [-0.4, -0.2) is 33.4 Å². The number of phenolic OH excluding ortho intramolecular Hbond substituents is 1. The van der Waals surface area contributed by atoms with Crippen molar-refractivity contribution in [2.45, 2.75) is 38.8 Å². The van der Waals surface area contributed by atoms with E-state index in [0.717, 1.165) is 38.8 Å². The fraction of sp³-hybridized carbons (Fsp3) is 0.333. The van der Waals surface area contributed by atoms with Gasteiger partial charge in [-0.2, -0.15) is 5.10 Å². The zero-order valence-corrected chi connectivity index (χ0v) is 17.0. The standard InChI is InChI=1S/C24H29N3O2/c1-26(19-20-11-5-4-6-12-20)17-9-2-3-10-18-27-24(29)16-15-22(25-27)21-13-7-8-14-23(21)28/h4-8,11-16,28H,2-3,9-10,17-19H2,1H3. The van der Waals surface area contributed by atoms with E-state index in [0.29, 0.717) is 17.8 Å². The van der Waals surface area contributed by atoms with Crippen LogP contribution in [0.15, 0.2) is 71.5 Å². The average molecular weight is 392 g/mol. The van der Waals surface area contributed by atoms with Crippen LogP contribution in [0.25, 0.3) is 11.3 Å². The topological polar surface area (TPSA) is 58.4 Å². The second-order valence-electron chi connectivity index (χ2n) is 7.43. The summed E-state index contributed by atoms with van der Waals surface area (Å²) in [5, 5.41) is 14.4. The van der Waals surface area contributed by atoms with Crippen molar-refractivity contribution in [3.05, 3.63) is 82.6 Å². The minimum Gasteiger partial charge on any atom is -0.507 e. The Hall–Kier alpha value is -2.92. The van der Waals surface area contributed by atoms with Gasteiger partial charge in [0, 0.05) is 24.7 Å². The summed E-state index contributed by atoms with van der Waals surface area (Å²) < 4.78 is 1.50. The van der Waals surface area contributed by atoms with Crippen molar-refractivity contribution in [1.82, 2.24) is 14.7 Å². The number of aromatic hydroxyl groups is 1. The van der Waals surface area contributed by atoms with Crippen molar-refractivity contribution in [2.75, 3.05) is 13.6 Å². The Morgan fingerprint density at radius 3 is 2.41 bits per heavy atom. The number of hydrogen-bond acceptors (Lipinski definition) is 4. The van der Waals surface area contributed by atoms with Gasteiger partial charge in [0.25, 0.3) is 5.56 Å². The van der Waals surface area contributed by atoms with E-state index in [2.05, 4.69) is 41.3 Å². The van der Waals surface area contributed by atoms with Gasteiger partial charge < -0.3 is 10.0 Å². The summed E-state index contributed by atoms with van der Waals surface area (Å²) in [4.78, 5) is 14.4. The number of unbranched alkanes of at least 4 members (excludes halogenated alkanes) is 3. The molecule has 1 heterocycles. The minimum atomic E-state index is -0.105. The number of aromatic nitrogens is 2. The van der Waals surface area contributed by atoms with E-state index in [-0.39, 0.29) is 11.3 Å². The molecule has 0 saturated heterocycles. The summed E-state index contributed by atoms with van der Waals surface area (Å²) in [5.41, 5.74) is 2.49. The van der Waals surface area contributed by atoms with Gasteiger partial charge in [0.1, 0.15) is 5.75 Å². The number of nitrogens with zero attached hydrogens (tertiary/aromatic N) is 3. The van der Waals surface area contributed by atoms with Crippen molar-refractivity contribution in [3.63, 3.8) is 0 Å². The molecule has 0 bridgehead atoms. The fourth-order valence-electron chi connectivity index (χ4n) is 3.41. The van der Waals surface area contributed by atoms with Crippen LogP contribution in [0.4, 0.5) is 0 Å². The molecule has 152 valence electrons. The van der Waals surface area contributed by atoms with Crippen LogP contribution >= 0.6 is 0 Å². The van der Waals surface area contributed by atoms with Gasteiger partial charge in [0.05, 0.1) is 5.69 Å². The van der Waals surface area contributed by atoms with Crippen LogP contribution in [0.3, 0.4) is 0 Å². The Morgan fingerprint density at radius 2 is 1.62 bits per heavy atom. The Morgan fingerprint density at radius 1 is 0.897 bits per heavy atom. The third kappa shape index (κ3) is 6.29. The molecular formula is C24H29N3O2. The summed E-state index contributed by atoms with van der Waals surface area (Å²) in [7, 11) is 2.15. The van der Waals surface area contributed by atoms with Gasteiger partial charge in [0.2, 0.25) is 0 Å². The lowest BCUT2D eigenvalue weighted by Gasteiger charge is -2.16. The molecule has 0 amide bonds. The SMILES string of the molecule is CN(CCCCCCn1nc(-c2ccccc2O)ccc1=O)Cc1ccccc1. The van der Waals surface area contributed by atoms with Gasteiger partial charge in [-0.3, -0.25) is 4.79 Å². The van der Waals surface area contributed by atoms with Crippen LogP contribution in [0.2, 0.25) is 0 Å². The van der Waals surface area contributed by atoms with Gasteiger partial charge in [-0.05, 0) is 50.2 Å². The lowest BCUT2D eigenvalue weighted by Crippen LogP contribution is -2.22.